The van der Waals surface area contributed by atoms with Crippen LogP contribution in [0.15, 0.2) is 0 Å². The van der Waals surface area contributed by atoms with Crippen LogP contribution >= 0.6 is 0 Å². The van der Waals surface area contributed by atoms with E-state index < -0.39 is 0 Å². The second-order valence-corrected chi connectivity index (χ2v) is 1.84. The third-order valence-electron chi connectivity index (χ3n) is 0.354. The van der Waals surface area contributed by atoms with Crippen molar-refractivity contribution in [1.29, 1.82) is 0 Å². The molecule has 0 spiro atoms. The molecule has 46 valence electrons. The quantitative estimate of drug-likeness (QED) is 0.295. The Kier molecular flexibility index (Phi) is 68.6. The average molecular weight is 246 g/mol. The molecule has 0 aromatic rings. The van der Waals surface area contributed by atoms with Crippen molar-refractivity contribution in [1.82, 2.24) is 0 Å². The molecule has 0 atom stereocenters. The van der Waals surface area contributed by atoms with Crippen LogP contribution in [-0.4, -0.2) is 9.52 Å². The van der Waals surface area contributed by atoms with E-state index in [-0.39, 0.29) is 60.5 Å². The monoisotopic (exact) mass is 244 g/mol. The Morgan fingerprint density at radius 3 is 1.62 bits per heavy atom. The fraction of sp³-hybridized carbons (Fsp3) is 0.500. The second kappa shape index (κ2) is 24.0. The molecule has 0 rings (SSSR count). The van der Waals surface area contributed by atoms with Gasteiger partial charge in [0.05, 0.1) is 0 Å². The molecule has 0 aromatic carbocycles. The third-order valence-corrected chi connectivity index (χ3v) is 1.06. The Balaban J connectivity index is -0.0000000267. The summed E-state index contributed by atoms with van der Waals surface area (Å²) in [4.78, 5) is 0. The number of halogens is 2. The van der Waals surface area contributed by atoms with Gasteiger partial charge in [-0.1, -0.05) is 6.55 Å². The first-order chi connectivity index (χ1) is 2.41. The zero-order valence-corrected chi connectivity index (χ0v) is 10.3. The van der Waals surface area contributed by atoms with E-state index in [9.17, 15) is 0 Å². The summed E-state index contributed by atoms with van der Waals surface area (Å²) in [5, 5.41) is 0. The van der Waals surface area contributed by atoms with E-state index in [0.29, 0.717) is 0 Å². The maximum absolute atomic E-state index is 3.00. The van der Waals surface area contributed by atoms with Gasteiger partial charge in [0.15, 0.2) is 0 Å². The van der Waals surface area contributed by atoms with Gasteiger partial charge in [-0.05, 0) is 6.92 Å². The Bertz CT molecular complexity index is 66.2. The van der Waals surface area contributed by atoms with Crippen LogP contribution in [0.4, 0.5) is 0 Å². The van der Waals surface area contributed by atoms with Crippen LogP contribution in [0, 0.1) is 11.5 Å². The van der Waals surface area contributed by atoms with Crippen LogP contribution in [-0.2, 0) is 26.2 Å². The van der Waals surface area contributed by atoms with Crippen molar-refractivity contribution >= 4 is 9.52 Å². The van der Waals surface area contributed by atoms with E-state index in [1.165, 1.54) is 0 Å². The molecule has 0 aromatic heterocycles. The Morgan fingerprint density at radius 1 is 1.25 bits per heavy atom. The summed E-state index contributed by atoms with van der Waals surface area (Å²) < 4.78 is 0. The summed E-state index contributed by atoms with van der Waals surface area (Å²) in [5.41, 5.74) is 3.00. The zero-order valence-electron chi connectivity index (χ0n) is 4.96. The first kappa shape index (κ1) is 22.8. The molecule has 0 N–H and O–H groups in total. The van der Waals surface area contributed by atoms with Crippen LogP contribution in [0.2, 0.25) is 6.55 Å². The van der Waals surface area contributed by atoms with Gasteiger partial charge in [-0.2, -0.15) is 0 Å². The van der Waals surface area contributed by atoms with Gasteiger partial charge in [0.2, 0.25) is 0 Å². The summed E-state index contributed by atoms with van der Waals surface area (Å²) in [6.45, 7) is 4.06. The van der Waals surface area contributed by atoms with Crippen molar-refractivity contribution in [2.45, 2.75) is 13.5 Å². The molecule has 0 saturated carbocycles. The minimum absolute atomic E-state index is 0. The van der Waals surface area contributed by atoms with Gasteiger partial charge in [0.1, 0.15) is 9.52 Å². The molecule has 0 heterocycles. The van der Waals surface area contributed by atoms with E-state index in [1.807, 2.05) is 6.92 Å². The standard InChI is InChI=1S/C4H8Si.2ClH.Zr/c1-3-4-5-2;;;/h5H2,1-2H3;2*1H;/q;;;+2/p-2. The van der Waals surface area contributed by atoms with E-state index in [2.05, 4.69) is 18.0 Å². The van der Waals surface area contributed by atoms with E-state index in [0.717, 1.165) is 0 Å². The van der Waals surface area contributed by atoms with Gasteiger partial charge in [0, 0.05) is 0 Å². The summed E-state index contributed by atoms with van der Waals surface area (Å²) in [5.74, 6) is 2.83. The maximum Gasteiger partial charge on any atom is 2.00 e. The van der Waals surface area contributed by atoms with Gasteiger partial charge in [-0.15, -0.1) is 11.5 Å². The molecule has 0 nitrogen and oxygen atoms in total. The molecule has 0 fully saturated rings. The molecule has 0 bridgehead atoms. The van der Waals surface area contributed by atoms with Gasteiger partial charge in [-0.25, -0.2) is 0 Å². The Labute approximate surface area is 85.0 Å². The maximum atomic E-state index is 3.00. The Morgan fingerprint density at radius 2 is 1.62 bits per heavy atom. The molecule has 0 saturated heterocycles. The molecule has 8 heavy (non-hydrogen) atoms. The molecule has 0 aliphatic rings. The summed E-state index contributed by atoms with van der Waals surface area (Å²) in [6.07, 6.45) is 0. The van der Waals surface area contributed by atoms with Gasteiger partial charge in [-0.3, -0.25) is 0 Å². The number of hydrogen-bond donors (Lipinski definition) is 0. The van der Waals surface area contributed by atoms with Gasteiger partial charge >= 0.3 is 26.2 Å². The van der Waals surface area contributed by atoms with Crippen molar-refractivity contribution < 1.29 is 51.0 Å². The average Bonchev–Trinajstić information content (AvgIpc) is 1.41. The SMILES string of the molecule is CC#C[SiH2]C.[Cl-].[Cl-].[Zr+2]. The van der Waals surface area contributed by atoms with Crippen molar-refractivity contribution in [2.75, 3.05) is 0 Å². The predicted octanol–water partition coefficient (Wildman–Crippen LogP) is -5.81. The summed E-state index contributed by atoms with van der Waals surface area (Å²) in [6, 6.07) is 0. The van der Waals surface area contributed by atoms with Crippen LogP contribution in [0.1, 0.15) is 6.92 Å². The Hall–Kier alpha value is 1.24. The van der Waals surface area contributed by atoms with Gasteiger partial charge in [0.25, 0.3) is 0 Å². The van der Waals surface area contributed by atoms with Crippen LogP contribution in [0.25, 0.3) is 0 Å². The normalized spacial score (nSPS) is 4.75. The zero-order chi connectivity index (χ0) is 4.12. The van der Waals surface area contributed by atoms with Crippen LogP contribution < -0.4 is 24.8 Å². The minimum atomic E-state index is 0. The van der Waals surface area contributed by atoms with Crippen molar-refractivity contribution in [2.24, 2.45) is 0 Å². The molecule has 0 aliphatic carbocycles. The molecule has 0 aliphatic heterocycles. The molecule has 0 radical (unpaired) electrons. The molecule has 4 heteroatoms. The summed E-state index contributed by atoms with van der Waals surface area (Å²) in [7, 11) is 0.0529. The van der Waals surface area contributed by atoms with Gasteiger partial charge < -0.3 is 24.8 Å². The van der Waals surface area contributed by atoms with Crippen molar-refractivity contribution in [3.05, 3.63) is 0 Å². The first-order valence-corrected chi connectivity index (χ1v) is 3.93. The third kappa shape index (κ3) is 26.9. The molecular formula is C4H8Cl2SiZr. The molecule has 0 amide bonds. The fourth-order valence-corrected chi connectivity index (χ4v) is 0.530. The van der Waals surface area contributed by atoms with E-state index >= 15 is 0 Å². The number of rotatable bonds is 0. The second-order valence-electron chi connectivity index (χ2n) is 0.780. The minimum Gasteiger partial charge on any atom is -1.00 e. The fourth-order valence-electron chi connectivity index (χ4n) is 0.177. The van der Waals surface area contributed by atoms with E-state index in [1.54, 1.807) is 0 Å². The van der Waals surface area contributed by atoms with Crippen molar-refractivity contribution in [3.8, 4) is 11.5 Å². The van der Waals surface area contributed by atoms with E-state index in [4.69, 9.17) is 0 Å². The molecular weight excluding hydrogens is 238 g/mol. The van der Waals surface area contributed by atoms with Crippen LogP contribution in [0.5, 0.6) is 0 Å². The predicted molar refractivity (Wildman–Crippen MR) is 27.9 cm³/mol. The smallest absolute Gasteiger partial charge is 1.00 e. The topological polar surface area (TPSA) is 0 Å². The number of hydrogen-bond acceptors (Lipinski definition) is 0. The van der Waals surface area contributed by atoms with Crippen molar-refractivity contribution in [3.63, 3.8) is 0 Å². The first-order valence-electron chi connectivity index (χ1n) is 1.81. The largest absolute Gasteiger partial charge is 2.00 e. The summed E-state index contributed by atoms with van der Waals surface area (Å²) >= 11 is 0. The van der Waals surface area contributed by atoms with Crippen LogP contribution in [0.3, 0.4) is 0 Å². The molecule has 0 unspecified atom stereocenters.